The number of ketones is 1. The van der Waals surface area contributed by atoms with Crippen molar-refractivity contribution in [3.05, 3.63) is 29.8 Å². The van der Waals surface area contributed by atoms with Crippen molar-refractivity contribution in [3.8, 4) is 6.07 Å². The van der Waals surface area contributed by atoms with Crippen LogP contribution < -0.4 is 4.72 Å². The molecule has 1 N–H and O–H groups in total. The first-order valence-electron chi connectivity index (χ1n) is 6.47. The van der Waals surface area contributed by atoms with Gasteiger partial charge in [-0.05, 0) is 31.9 Å². The van der Waals surface area contributed by atoms with Crippen LogP contribution in [0.1, 0.15) is 36.5 Å². The van der Waals surface area contributed by atoms with E-state index in [0.29, 0.717) is 12.0 Å². The summed E-state index contributed by atoms with van der Waals surface area (Å²) in [4.78, 5) is 11.3. The number of nitriles is 1. The van der Waals surface area contributed by atoms with E-state index in [0.717, 1.165) is 12.8 Å². The van der Waals surface area contributed by atoms with Crippen LogP contribution in [0, 0.1) is 17.2 Å². The summed E-state index contributed by atoms with van der Waals surface area (Å²) in [5.74, 6) is -0.372. The summed E-state index contributed by atoms with van der Waals surface area (Å²) in [6, 6.07) is 7.63. The van der Waals surface area contributed by atoms with Crippen molar-refractivity contribution in [2.24, 2.45) is 5.92 Å². The number of benzene rings is 1. The molecule has 1 saturated carbocycles. The second-order valence-corrected chi connectivity index (χ2v) is 6.69. The molecule has 1 aromatic rings. The Balaban J connectivity index is 2.18. The van der Waals surface area contributed by atoms with E-state index in [1.807, 2.05) is 0 Å². The lowest BCUT2D eigenvalue weighted by atomic mass is 10.1. The van der Waals surface area contributed by atoms with Gasteiger partial charge < -0.3 is 0 Å². The van der Waals surface area contributed by atoms with Crippen LogP contribution in [0.2, 0.25) is 0 Å². The Hall–Kier alpha value is -1.71. The first-order valence-corrected chi connectivity index (χ1v) is 7.95. The van der Waals surface area contributed by atoms with E-state index in [2.05, 4.69) is 10.8 Å². The molecule has 5 nitrogen and oxygen atoms in total. The molecule has 106 valence electrons. The van der Waals surface area contributed by atoms with Gasteiger partial charge in [0.05, 0.1) is 16.9 Å². The lowest BCUT2D eigenvalue weighted by Crippen LogP contribution is -2.36. The highest BCUT2D eigenvalue weighted by atomic mass is 32.2. The molecule has 0 spiro atoms. The number of nitrogens with one attached hydrogen (secondary N) is 1. The lowest BCUT2D eigenvalue weighted by molar-refractivity contribution is 0.101. The summed E-state index contributed by atoms with van der Waals surface area (Å²) >= 11 is 0. The second-order valence-electron chi connectivity index (χ2n) is 4.97. The summed E-state index contributed by atoms with van der Waals surface area (Å²) in [5, 5.41) is 8.98. The summed E-state index contributed by atoms with van der Waals surface area (Å²) < 4.78 is 27.0. The van der Waals surface area contributed by atoms with Crippen LogP contribution >= 0.6 is 0 Å². The summed E-state index contributed by atoms with van der Waals surface area (Å²) in [5.41, 5.74) is 0.472. The number of nitrogens with zero attached hydrogens (tertiary/aromatic N) is 1. The van der Waals surface area contributed by atoms with E-state index in [-0.39, 0.29) is 22.6 Å². The third-order valence-electron chi connectivity index (χ3n) is 3.56. The number of rotatable bonds is 4. The molecule has 0 aromatic heterocycles. The maximum atomic E-state index is 12.2. The molecule has 1 fully saturated rings. The predicted octanol–water partition coefficient (Wildman–Crippen LogP) is 1.86. The van der Waals surface area contributed by atoms with Crippen molar-refractivity contribution >= 4 is 15.8 Å². The van der Waals surface area contributed by atoms with Gasteiger partial charge in [-0.1, -0.05) is 18.6 Å². The average molecular weight is 292 g/mol. The number of carbonyl (C=O) groups excluding carboxylic acids is 1. The van der Waals surface area contributed by atoms with Gasteiger partial charge >= 0.3 is 0 Å². The fourth-order valence-electron chi connectivity index (χ4n) is 2.39. The van der Waals surface area contributed by atoms with Gasteiger partial charge in [0.25, 0.3) is 0 Å². The average Bonchev–Trinajstić information content (AvgIpc) is 2.85. The van der Waals surface area contributed by atoms with Crippen LogP contribution in [-0.2, 0) is 10.0 Å². The first-order chi connectivity index (χ1) is 9.44. The van der Waals surface area contributed by atoms with Crippen molar-refractivity contribution in [1.29, 1.82) is 5.26 Å². The van der Waals surface area contributed by atoms with E-state index in [1.165, 1.54) is 31.2 Å². The molecular weight excluding hydrogens is 276 g/mol. The van der Waals surface area contributed by atoms with Crippen molar-refractivity contribution in [3.63, 3.8) is 0 Å². The largest absolute Gasteiger partial charge is 0.295 e. The van der Waals surface area contributed by atoms with Crippen molar-refractivity contribution in [2.45, 2.75) is 37.1 Å². The van der Waals surface area contributed by atoms with Gasteiger partial charge in [0.1, 0.15) is 0 Å². The minimum Gasteiger partial charge on any atom is -0.295 e. The molecule has 2 atom stereocenters. The number of carbonyl (C=O) groups is 1. The fraction of sp³-hybridized carbons (Fsp3) is 0.429. The minimum atomic E-state index is -3.64. The lowest BCUT2D eigenvalue weighted by Gasteiger charge is -2.15. The Morgan fingerprint density at radius 1 is 1.30 bits per heavy atom. The topological polar surface area (TPSA) is 87.0 Å². The van der Waals surface area contributed by atoms with Crippen LogP contribution in [0.5, 0.6) is 0 Å². The molecule has 0 radical (unpaired) electrons. The van der Waals surface area contributed by atoms with Crippen molar-refractivity contribution in [2.75, 3.05) is 0 Å². The third kappa shape index (κ3) is 3.06. The van der Waals surface area contributed by atoms with Crippen LogP contribution in [0.15, 0.2) is 29.2 Å². The quantitative estimate of drug-likeness (QED) is 0.858. The Kier molecular flexibility index (Phi) is 4.21. The normalized spacial score (nSPS) is 22.4. The van der Waals surface area contributed by atoms with Gasteiger partial charge in [0.2, 0.25) is 10.0 Å². The zero-order chi connectivity index (χ0) is 14.8. The summed E-state index contributed by atoms with van der Waals surface area (Å²) in [6.07, 6.45) is 2.27. The zero-order valence-corrected chi connectivity index (χ0v) is 12.0. The highest BCUT2D eigenvalue weighted by Gasteiger charge is 2.31. The molecule has 0 saturated heterocycles. The van der Waals surface area contributed by atoms with Gasteiger partial charge in [-0.25, -0.2) is 13.1 Å². The number of sulfonamides is 1. The number of Topliss-reactive ketones (excluding diaryl/α,β-unsaturated/α-hetero) is 1. The SMILES string of the molecule is CC(=O)c1ccc(S(=O)(=O)NC2CCCC2C#N)cc1. The van der Waals surface area contributed by atoms with E-state index in [4.69, 9.17) is 5.26 Å². The zero-order valence-electron chi connectivity index (χ0n) is 11.2. The summed E-state index contributed by atoms with van der Waals surface area (Å²) in [7, 11) is -3.64. The molecule has 20 heavy (non-hydrogen) atoms. The van der Waals surface area contributed by atoms with Crippen molar-refractivity contribution in [1.82, 2.24) is 4.72 Å². The molecule has 1 aromatic carbocycles. The maximum Gasteiger partial charge on any atom is 0.240 e. The molecule has 0 bridgehead atoms. The van der Waals surface area contributed by atoms with E-state index < -0.39 is 10.0 Å². The standard InChI is InChI=1S/C14H16N2O3S/c1-10(17)11-5-7-13(8-6-11)20(18,19)16-14-4-2-3-12(14)9-15/h5-8,12,14,16H,2-4H2,1H3. The first kappa shape index (κ1) is 14.7. The molecule has 6 heteroatoms. The molecule has 1 aliphatic carbocycles. The molecule has 0 amide bonds. The Bertz CT molecular complexity index is 644. The third-order valence-corrected chi connectivity index (χ3v) is 5.07. The Morgan fingerprint density at radius 3 is 2.50 bits per heavy atom. The van der Waals surface area contributed by atoms with Gasteiger partial charge in [0, 0.05) is 11.6 Å². The molecular formula is C14H16N2O3S. The molecule has 2 unspecified atom stereocenters. The van der Waals surface area contributed by atoms with Gasteiger partial charge in [-0.2, -0.15) is 5.26 Å². The van der Waals surface area contributed by atoms with Gasteiger partial charge in [-0.3, -0.25) is 4.79 Å². The summed E-state index contributed by atoms with van der Waals surface area (Å²) in [6.45, 7) is 1.43. The van der Waals surface area contributed by atoms with Gasteiger partial charge in [0.15, 0.2) is 5.78 Å². The van der Waals surface area contributed by atoms with E-state index in [1.54, 1.807) is 0 Å². The second kappa shape index (κ2) is 5.73. The fourth-order valence-corrected chi connectivity index (χ4v) is 3.70. The van der Waals surface area contributed by atoms with Crippen molar-refractivity contribution < 1.29 is 13.2 Å². The van der Waals surface area contributed by atoms with E-state index >= 15 is 0 Å². The number of hydrogen-bond acceptors (Lipinski definition) is 4. The predicted molar refractivity (Wildman–Crippen MR) is 73.5 cm³/mol. The Labute approximate surface area is 118 Å². The van der Waals surface area contributed by atoms with Gasteiger partial charge in [-0.15, -0.1) is 0 Å². The monoisotopic (exact) mass is 292 g/mol. The minimum absolute atomic E-state index is 0.109. The molecule has 1 aliphatic rings. The highest BCUT2D eigenvalue weighted by Crippen LogP contribution is 2.26. The molecule has 2 rings (SSSR count). The highest BCUT2D eigenvalue weighted by molar-refractivity contribution is 7.89. The maximum absolute atomic E-state index is 12.2. The van der Waals surface area contributed by atoms with E-state index in [9.17, 15) is 13.2 Å². The Morgan fingerprint density at radius 2 is 1.95 bits per heavy atom. The number of hydrogen-bond donors (Lipinski definition) is 1. The van der Waals surface area contributed by atoms with Crippen LogP contribution in [0.4, 0.5) is 0 Å². The molecule has 0 heterocycles. The smallest absolute Gasteiger partial charge is 0.240 e. The van der Waals surface area contributed by atoms with Crippen LogP contribution in [0.25, 0.3) is 0 Å². The van der Waals surface area contributed by atoms with Crippen LogP contribution in [-0.4, -0.2) is 20.2 Å². The molecule has 0 aliphatic heterocycles. The van der Waals surface area contributed by atoms with Crippen LogP contribution in [0.3, 0.4) is 0 Å².